The fourth-order valence-corrected chi connectivity index (χ4v) is 2.31. The Bertz CT molecular complexity index is 721. The number of aliphatic carboxylic acids is 1. The second kappa shape index (κ2) is 7.60. The Morgan fingerprint density at radius 3 is 2.78 bits per heavy atom. The van der Waals surface area contributed by atoms with Crippen molar-refractivity contribution in [1.29, 1.82) is 0 Å². The minimum atomic E-state index is -1.03. The number of nitrogens with one attached hydrogen (secondary N) is 1. The van der Waals surface area contributed by atoms with Crippen LogP contribution >= 0.6 is 11.6 Å². The van der Waals surface area contributed by atoms with E-state index in [9.17, 15) is 9.59 Å². The lowest BCUT2D eigenvalue weighted by Gasteiger charge is -2.18. The number of hydrogen-bond donors (Lipinski definition) is 2. The first kappa shape index (κ1) is 16.8. The van der Waals surface area contributed by atoms with Gasteiger partial charge in [-0.05, 0) is 29.8 Å². The molecule has 0 aliphatic carbocycles. The molecule has 2 aromatic rings. The number of carbonyl (C=O) groups excluding carboxylic acids is 1. The minimum absolute atomic E-state index is 0.171. The zero-order chi connectivity index (χ0) is 16.8. The summed E-state index contributed by atoms with van der Waals surface area (Å²) in [7, 11) is 1.41. The molecule has 0 radical (unpaired) electrons. The number of pyridine rings is 1. The molecule has 0 aliphatic heterocycles. The van der Waals surface area contributed by atoms with Crippen molar-refractivity contribution >= 4 is 23.5 Å². The molecule has 1 heterocycles. The number of nitrogens with zero attached hydrogens (tertiary/aromatic N) is 1. The third-order valence-corrected chi connectivity index (χ3v) is 3.38. The van der Waals surface area contributed by atoms with E-state index in [0.717, 1.165) is 0 Å². The molecular formula is C16H15ClN2O4. The van der Waals surface area contributed by atoms with Gasteiger partial charge in [0.25, 0.3) is 5.91 Å². The Morgan fingerprint density at radius 2 is 2.13 bits per heavy atom. The molecule has 1 atom stereocenters. The van der Waals surface area contributed by atoms with Crippen molar-refractivity contribution in [3.63, 3.8) is 0 Å². The van der Waals surface area contributed by atoms with Crippen LogP contribution in [0.4, 0.5) is 0 Å². The number of halogens is 1. The van der Waals surface area contributed by atoms with Crippen LogP contribution in [0.5, 0.6) is 5.88 Å². The van der Waals surface area contributed by atoms with Crippen LogP contribution in [0.3, 0.4) is 0 Å². The Kier molecular flexibility index (Phi) is 5.54. The maximum Gasteiger partial charge on any atom is 0.305 e. The highest BCUT2D eigenvalue weighted by molar-refractivity contribution is 6.30. The van der Waals surface area contributed by atoms with E-state index < -0.39 is 17.9 Å². The first-order chi connectivity index (χ1) is 11.0. The second-order valence-corrected chi connectivity index (χ2v) is 5.18. The van der Waals surface area contributed by atoms with Gasteiger partial charge in [0.15, 0.2) is 0 Å². The lowest BCUT2D eigenvalue weighted by molar-refractivity contribution is -0.137. The Morgan fingerprint density at radius 1 is 1.35 bits per heavy atom. The minimum Gasteiger partial charge on any atom is -0.481 e. The third kappa shape index (κ3) is 4.43. The molecule has 1 unspecified atom stereocenters. The average Bonchev–Trinajstić information content (AvgIpc) is 2.53. The standard InChI is InChI=1S/C16H15ClN2O4/c1-23-16-12(6-3-7-18-16)15(22)19-13(9-14(20)21)10-4-2-5-11(17)8-10/h2-8,13H,9H2,1H3,(H,19,22)(H,20,21). The SMILES string of the molecule is COc1ncccc1C(=O)NC(CC(=O)O)c1cccc(Cl)c1. The smallest absolute Gasteiger partial charge is 0.305 e. The summed E-state index contributed by atoms with van der Waals surface area (Å²) in [6, 6.07) is 9.14. The van der Waals surface area contributed by atoms with Crippen LogP contribution in [0, 0.1) is 0 Å². The quantitative estimate of drug-likeness (QED) is 0.848. The number of benzene rings is 1. The summed E-state index contributed by atoms with van der Waals surface area (Å²) in [6.07, 6.45) is 1.23. The average molecular weight is 335 g/mol. The van der Waals surface area contributed by atoms with Crippen molar-refractivity contribution in [2.24, 2.45) is 0 Å². The van der Waals surface area contributed by atoms with E-state index in [1.165, 1.54) is 13.3 Å². The fourth-order valence-electron chi connectivity index (χ4n) is 2.11. The number of methoxy groups -OCH3 is 1. The summed E-state index contributed by atoms with van der Waals surface area (Å²) in [5.74, 6) is -1.33. The number of carboxylic acids is 1. The molecule has 2 rings (SSSR count). The van der Waals surface area contributed by atoms with E-state index >= 15 is 0 Å². The van der Waals surface area contributed by atoms with Crippen LogP contribution in [0.2, 0.25) is 5.02 Å². The molecule has 1 aromatic carbocycles. The molecule has 2 N–H and O–H groups in total. The topological polar surface area (TPSA) is 88.5 Å². The Balaban J connectivity index is 2.27. The highest BCUT2D eigenvalue weighted by Gasteiger charge is 2.21. The molecular weight excluding hydrogens is 320 g/mol. The molecule has 0 fully saturated rings. The van der Waals surface area contributed by atoms with Gasteiger partial charge in [-0.15, -0.1) is 0 Å². The van der Waals surface area contributed by atoms with Crippen LogP contribution in [0.1, 0.15) is 28.4 Å². The molecule has 1 aromatic heterocycles. The molecule has 6 nitrogen and oxygen atoms in total. The molecule has 0 saturated carbocycles. The van der Waals surface area contributed by atoms with Crippen LogP contribution in [0.15, 0.2) is 42.6 Å². The zero-order valence-electron chi connectivity index (χ0n) is 12.3. The van der Waals surface area contributed by atoms with Crippen molar-refractivity contribution in [2.75, 3.05) is 7.11 Å². The largest absolute Gasteiger partial charge is 0.481 e. The van der Waals surface area contributed by atoms with Crippen LogP contribution in [0.25, 0.3) is 0 Å². The molecule has 0 saturated heterocycles. The number of amides is 1. The predicted octanol–water partition coefficient (Wildman–Crippen LogP) is 2.69. The third-order valence-electron chi connectivity index (χ3n) is 3.14. The zero-order valence-corrected chi connectivity index (χ0v) is 13.1. The maximum absolute atomic E-state index is 12.4. The van der Waals surface area contributed by atoms with E-state index in [-0.39, 0.29) is 17.9 Å². The van der Waals surface area contributed by atoms with Crippen molar-refractivity contribution in [2.45, 2.75) is 12.5 Å². The van der Waals surface area contributed by atoms with Crippen molar-refractivity contribution < 1.29 is 19.4 Å². The van der Waals surface area contributed by atoms with Gasteiger partial charge in [0, 0.05) is 11.2 Å². The summed E-state index contributed by atoms with van der Waals surface area (Å²) in [5, 5.41) is 12.2. The first-order valence-corrected chi connectivity index (χ1v) is 7.16. The monoisotopic (exact) mass is 334 g/mol. The van der Waals surface area contributed by atoms with Crippen molar-refractivity contribution in [1.82, 2.24) is 10.3 Å². The molecule has 1 amide bonds. The van der Waals surface area contributed by atoms with E-state index in [2.05, 4.69) is 10.3 Å². The lowest BCUT2D eigenvalue weighted by Crippen LogP contribution is -2.30. The van der Waals surface area contributed by atoms with Gasteiger partial charge in [0.1, 0.15) is 5.56 Å². The number of ether oxygens (including phenoxy) is 1. The second-order valence-electron chi connectivity index (χ2n) is 4.74. The molecule has 7 heteroatoms. The molecule has 0 aliphatic rings. The van der Waals surface area contributed by atoms with Crippen LogP contribution < -0.4 is 10.1 Å². The van der Waals surface area contributed by atoms with Crippen LogP contribution in [-0.2, 0) is 4.79 Å². The van der Waals surface area contributed by atoms with Gasteiger partial charge in [-0.3, -0.25) is 9.59 Å². The lowest BCUT2D eigenvalue weighted by atomic mass is 10.0. The summed E-state index contributed by atoms with van der Waals surface area (Å²) in [6.45, 7) is 0. The van der Waals surface area contributed by atoms with E-state index in [1.807, 2.05) is 0 Å². The molecule has 120 valence electrons. The normalized spacial score (nSPS) is 11.6. The number of aromatic nitrogens is 1. The van der Waals surface area contributed by atoms with Gasteiger partial charge in [-0.2, -0.15) is 0 Å². The highest BCUT2D eigenvalue weighted by atomic mass is 35.5. The highest BCUT2D eigenvalue weighted by Crippen LogP contribution is 2.22. The van der Waals surface area contributed by atoms with Gasteiger partial charge >= 0.3 is 5.97 Å². The van der Waals surface area contributed by atoms with E-state index in [4.69, 9.17) is 21.4 Å². The Hall–Kier alpha value is -2.60. The van der Waals surface area contributed by atoms with Gasteiger partial charge in [-0.25, -0.2) is 4.98 Å². The van der Waals surface area contributed by atoms with Crippen LogP contribution in [-0.4, -0.2) is 29.1 Å². The fraction of sp³-hybridized carbons (Fsp3) is 0.188. The first-order valence-electron chi connectivity index (χ1n) is 6.78. The molecule has 0 spiro atoms. The predicted molar refractivity (Wildman–Crippen MR) is 84.7 cm³/mol. The molecule has 0 bridgehead atoms. The van der Waals surface area contributed by atoms with Gasteiger partial charge in [0.2, 0.25) is 5.88 Å². The van der Waals surface area contributed by atoms with Crippen molar-refractivity contribution in [3.05, 3.63) is 58.7 Å². The van der Waals surface area contributed by atoms with Gasteiger partial charge in [-0.1, -0.05) is 23.7 Å². The Labute approximate surface area is 138 Å². The summed E-state index contributed by atoms with van der Waals surface area (Å²) in [4.78, 5) is 27.5. The van der Waals surface area contributed by atoms with Crippen molar-refractivity contribution in [3.8, 4) is 5.88 Å². The number of rotatable bonds is 6. The molecule has 23 heavy (non-hydrogen) atoms. The summed E-state index contributed by atoms with van der Waals surface area (Å²) >= 11 is 5.94. The number of carbonyl (C=O) groups is 2. The maximum atomic E-state index is 12.4. The number of hydrogen-bond acceptors (Lipinski definition) is 4. The van der Waals surface area contributed by atoms with E-state index in [1.54, 1.807) is 36.4 Å². The van der Waals surface area contributed by atoms with E-state index in [0.29, 0.717) is 10.6 Å². The van der Waals surface area contributed by atoms with Gasteiger partial charge < -0.3 is 15.2 Å². The number of carboxylic acid groups (broad SMARTS) is 1. The van der Waals surface area contributed by atoms with Gasteiger partial charge in [0.05, 0.1) is 19.6 Å². The summed E-state index contributed by atoms with van der Waals surface area (Å²) in [5.41, 5.74) is 0.837. The summed E-state index contributed by atoms with van der Waals surface area (Å²) < 4.78 is 5.04.